The molecule has 21 heavy (non-hydrogen) atoms. The molecule has 2 aromatic rings. The Hall–Kier alpha value is -2.11. The van der Waals surface area contributed by atoms with Gasteiger partial charge in [-0.15, -0.1) is 5.10 Å². The third-order valence-electron chi connectivity index (χ3n) is 4.44. The molecule has 0 unspecified atom stereocenters. The van der Waals surface area contributed by atoms with E-state index in [-0.39, 0.29) is 5.41 Å². The molecule has 1 aromatic carbocycles. The topological polar surface area (TPSA) is 95.6 Å². The third kappa shape index (κ3) is 2.84. The highest BCUT2D eigenvalue weighted by Crippen LogP contribution is 2.38. The van der Waals surface area contributed by atoms with E-state index in [0.29, 0.717) is 11.4 Å². The van der Waals surface area contributed by atoms with E-state index < -0.39 is 0 Å². The van der Waals surface area contributed by atoms with Gasteiger partial charge in [0.1, 0.15) is 0 Å². The number of nitrogens with zero attached hydrogens (tertiary/aromatic N) is 4. The lowest BCUT2D eigenvalue weighted by molar-refractivity contribution is 0.175. The van der Waals surface area contributed by atoms with Crippen molar-refractivity contribution in [3.05, 3.63) is 18.2 Å². The van der Waals surface area contributed by atoms with Crippen LogP contribution in [-0.4, -0.2) is 20.2 Å². The van der Waals surface area contributed by atoms with Gasteiger partial charge in [0, 0.05) is 16.9 Å². The quantitative estimate of drug-likeness (QED) is 0.845. The minimum atomic E-state index is 0.269. The first-order chi connectivity index (χ1) is 10.1. The minimum absolute atomic E-state index is 0.269. The van der Waals surface area contributed by atoms with E-state index in [0.717, 1.165) is 17.9 Å². The maximum absolute atomic E-state index is 6.06. The lowest BCUT2D eigenvalue weighted by atomic mass is 9.76. The van der Waals surface area contributed by atoms with Crippen molar-refractivity contribution in [3.63, 3.8) is 0 Å². The van der Waals surface area contributed by atoms with Crippen molar-refractivity contribution in [1.29, 1.82) is 0 Å². The Morgan fingerprint density at radius 3 is 2.67 bits per heavy atom. The third-order valence-corrected chi connectivity index (χ3v) is 4.44. The molecule has 0 aliphatic heterocycles. The highest BCUT2D eigenvalue weighted by Gasteiger charge is 2.29. The number of rotatable bonds is 3. The molecule has 1 aromatic heterocycles. The standard InChI is InChI=1S/C15H22N6/c1-15(7-3-2-4-8-15)10-21-14(18-19-20-21)12-6-5-11(16)9-13(12)17/h5-6,9H,2-4,7-8,10,16-17H2,1H3. The molecule has 6 nitrogen and oxygen atoms in total. The number of benzene rings is 1. The van der Waals surface area contributed by atoms with Crippen LogP contribution in [0.3, 0.4) is 0 Å². The molecule has 0 atom stereocenters. The molecule has 112 valence electrons. The summed E-state index contributed by atoms with van der Waals surface area (Å²) in [6.07, 6.45) is 6.37. The number of hydrogen-bond acceptors (Lipinski definition) is 5. The molecule has 1 aliphatic rings. The number of aromatic nitrogens is 4. The average Bonchev–Trinajstić information content (AvgIpc) is 2.87. The Kier molecular flexibility index (Phi) is 3.53. The first-order valence-corrected chi connectivity index (χ1v) is 7.49. The van der Waals surface area contributed by atoms with Crippen molar-refractivity contribution in [1.82, 2.24) is 20.2 Å². The summed E-state index contributed by atoms with van der Waals surface area (Å²) in [6.45, 7) is 3.16. The second-order valence-corrected chi connectivity index (χ2v) is 6.38. The van der Waals surface area contributed by atoms with Crippen molar-refractivity contribution in [3.8, 4) is 11.4 Å². The van der Waals surface area contributed by atoms with Crippen LogP contribution in [-0.2, 0) is 6.54 Å². The predicted molar refractivity (Wildman–Crippen MR) is 83.3 cm³/mol. The van der Waals surface area contributed by atoms with Gasteiger partial charge < -0.3 is 11.5 Å². The van der Waals surface area contributed by atoms with Crippen LogP contribution in [0.5, 0.6) is 0 Å². The van der Waals surface area contributed by atoms with Gasteiger partial charge in [-0.25, -0.2) is 4.68 Å². The van der Waals surface area contributed by atoms with Gasteiger partial charge in [0.25, 0.3) is 0 Å². The molecule has 1 heterocycles. The lowest BCUT2D eigenvalue weighted by Gasteiger charge is -2.33. The molecular weight excluding hydrogens is 264 g/mol. The zero-order valence-corrected chi connectivity index (χ0v) is 12.4. The normalized spacial score (nSPS) is 17.8. The second kappa shape index (κ2) is 5.35. The van der Waals surface area contributed by atoms with Crippen LogP contribution in [0.2, 0.25) is 0 Å². The monoisotopic (exact) mass is 286 g/mol. The van der Waals surface area contributed by atoms with Gasteiger partial charge >= 0.3 is 0 Å². The Balaban J connectivity index is 1.90. The number of tetrazole rings is 1. The molecule has 1 saturated carbocycles. The molecule has 0 radical (unpaired) electrons. The Bertz CT molecular complexity index is 627. The summed E-state index contributed by atoms with van der Waals surface area (Å²) in [6, 6.07) is 5.46. The molecule has 4 N–H and O–H groups in total. The van der Waals surface area contributed by atoms with E-state index in [1.54, 1.807) is 6.07 Å². The molecule has 1 aliphatic carbocycles. The fourth-order valence-corrected chi connectivity index (χ4v) is 3.21. The highest BCUT2D eigenvalue weighted by molar-refractivity contribution is 5.74. The average molecular weight is 286 g/mol. The summed E-state index contributed by atoms with van der Waals surface area (Å²) >= 11 is 0. The van der Waals surface area contributed by atoms with Crippen molar-refractivity contribution in [2.75, 3.05) is 11.5 Å². The first-order valence-electron chi connectivity index (χ1n) is 7.49. The first kappa shape index (κ1) is 13.9. The van der Waals surface area contributed by atoms with Crippen LogP contribution in [0.25, 0.3) is 11.4 Å². The molecule has 0 spiro atoms. The summed E-state index contributed by atoms with van der Waals surface area (Å²) in [5, 5.41) is 12.2. The molecule has 3 rings (SSSR count). The van der Waals surface area contributed by atoms with Crippen LogP contribution >= 0.6 is 0 Å². The van der Waals surface area contributed by atoms with E-state index >= 15 is 0 Å². The van der Waals surface area contributed by atoms with E-state index in [9.17, 15) is 0 Å². The van der Waals surface area contributed by atoms with Gasteiger partial charge in [-0.2, -0.15) is 0 Å². The largest absolute Gasteiger partial charge is 0.399 e. The Morgan fingerprint density at radius 2 is 1.95 bits per heavy atom. The van der Waals surface area contributed by atoms with Gasteiger partial charge in [-0.3, -0.25) is 0 Å². The van der Waals surface area contributed by atoms with Crippen molar-refractivity contribution < 1.29 is 0 Å². The van der Waals surface area contributed by atoms with Gasteiger partial charge in [-0.1, -0.05) is 26.2 Å². The van der Waals surface area contributed by atoms with Crippen molar-refractivity contribution in [2.45, 2.75) is 45.6 Å². The molecule has 6 heteroatoms. The van der Waals surface area contributed by atoms with Gasteiger partial charge in [-0.05, 0) is 46.9 Å². The smallest absolute Gasteiger partial charge is 0.184 e. The molecule has 0 saturated heterocycles. The van der Waals surface area contributed by atoms with Gasteiger partial charge in [0.15, 0.2) is 5.82 Å². The maximum atomic E-state index is 6.06. The molecule has 0 bridgehead atoms. The SMILES string of the molecule is CC1(Cn2nnnc2-c2ccc(N)cc2N)CCCCC1. The fraction of sp³-hybridized carbons (Fsp3) is 0.533. The van der Waals surface area contributed by atoms with E-state index in [1.165, 1.54) is 32.1 Å². The number of anilines is 2. The second-order valence-electron chi connectivity index (χ2n) is 6.38. The number of hydrogen-bond donors (Lipinski definition) is 2. The Morgan fingerprint density at radius 1 is 1.19 bits per heavy atom. The fourth-order valence-electron chi connectivity index (χ4n) is 3.21. The lowest BCUT2D eigenvalue weighted by Crippen LogP contribution is -2.27. The summed E-state index contributed by atoms with van der Waals surface area (Å²) in [5.74, 6) is 0.722. The van der Waals surface area contributed by atoms with Gasteiger partial charge in [0.05, 0.1) is 6.54 Å². The molecule has 1 fully saturated rings. The summed E-state index contributed by atoms with van der Waals surface area (Å²) in [7, 11) is 0. The highest BCUT2D eigenvalue weighted by atomic mass is 15.5. The van der Waals surface area contributed by atoms with Crippen LogP contribution in [0.1, 0.15) is 39.0 Å². The van der Waals surface area contributed by atoms with E-state index in [1.807, 2.05) is 16.8 Å². The number of nitrogens with two attached hydrogens (primary N) is 2. The molecule has 0 amide bonds. The van der Waals surface area contributed by atoms with E-state index in [2.05, 4.69) is 22.4 Å². The Labute approximate surface area is 124 Å². The summed E-state index contributed by atoms with van der Waals surface area (Å²) in [4.78, 5) is 0. The van der Waals surface area contributed by atoms with Crippen LogP contribution in [0.15, 0.2) is 18.2 Å². The summed E-state index contributed by atoms with van der Waals surface area (Å²) < 4.78 is 1.88. The van der Waals surface area contributed by atoms with Crippen LogP contribution < -0.4 is 11.5 Å². The van der Waals surface area contributed by atoms with Gasteiger partial charge in [0.2, 0.25) is 0 Å². The van der Waals surface area contributed by atoms with Crippen LogP contribution in [0.4, 0.5) is 11.4 Å². The predicted octanol–water partition coefficient (Wildman–Crippen LogP) is 2.47. The van der Waals surface area contributed by atoms with Crippen molar-refractivity contribution in [2.24, 2.45) is 5.41 Å². The zero-order valence-electron chi connectivity index (χ0n) is 12.4. The van der Waals surface area contributed by atoms with E-state index in [4.69, 9.17) is 11.5 Å². The summed E-state index contributed by atoms with van der Waals surface area (Å²) in [5.41, 5.74) is 14.2. The minimum Gasteiger partial charge on any atom is -0.399 e. The van der Waals surface area contributed by atoms with Crippen LogP contribution in [0, 0.1) is 5.41 Å². The van der Waals surface area contributed by atoms with Crippen molar-refractivity contribution >= 4 is 11.4 Å². The maximum Gasteiger partial charge on any atom is 0.184 e. The molecular formula is C15H22N6. The zero-order chi connectivity index (χ0) is 14.9. The number of nitrogen functional groups attached to an aromatic ring is 2.